The highest BCUT2D eigenvalue weighted by Gasteiger charge is 2.10. The van der Waals surface area contributed by atoms with Gasteiger partial charge in [0.1, 0.15) is 5.69 Å². The number of aryl methyl sites for hydroxylation is 1. The normalized spacial score (nSPS) is 10.8. The van der Waals surface area contributed by atoms with E-state index in [0.29, 0.717) is 12.2 Å². The molecule has 0 spiro atoms. The minimum absolute atomic E-state index is 0.0804. The third-order valence-corrected chi connectivity index (χ3v) is 3.14. The van der Waals surface area contributed by atoms with Crippen molar-refractivity contribution in [2.24, 2.45) is 0 Å². The SMILES string of the molecule is CCn1ccnc(-c2cccc3cccnc23)c1=O. The number of hydrogen-bond acceptors (Lipinski definition) is 3. The van der Waals surface area contributed by atoms with Crippen molar-refractivity contribution in [3.63, 3.8) is 0 Å². The van der Waals surface area contributed by atoms with Gasteiger partial charge in [0.2, 0.25) is 0 Å². The number of nitrogens with zero attached hydrogens (tertiary/aromatic N) is 3. The first kappa shape index (κ1) is 11.6. The summed E-state index contributed by atoms with van der Waals surface area (Å²) in [7, 11) is 0. The van der Waals surface area contributed by atoms with Crippen LogP contribution in [0.25, 0.3) is 22.2 Å². The molecule has 2 heterocycles. The second-order valence-electron chi connectivity index (χ2n) is 4.25. The molecule has 1 aromatic carbocycles. The van der Waals surface area contributed by atoms with Crippen LogP contribution in [0.1, 0.15) is 6.92 Å². The molecule has 0 radical (unpaired) electrons. The molecule has 3 aromatic rings. The third-order valence-electron chi connectivity index (χ3n) is 3.14. The fourth-order valence-corrected chi connectivity index (χ4v) is 2.18. The maximum atomic E-state index is 12.3. The van der Waals surface area contributed by atoms with Crippen LogP contribution in [0.2, 0.25) is 0 Å². The number of benzene rings is 1. The zero-order chi connectivity index (χ0) is 13.2. The molecule has 3 rings (SSSR count). The van der Waals surface area contributed by atoms with Gasteiger partial charge in [-0.15, -0.1) is 0 Å². The summed E-state index contributed by atoms with van der Waals surface area (Å²) in [5, 5.41) is 1.01. The summed E-state index contributed by atoms with van der Waals surface area (Å²) in [6, 6.07) is 9.65. The predicted octanol–water partition coefficient (Wildman–Crippen LogP) is 2.48. The lowest BCUT2D eigenvalue weighted by Gasteiger charge is -2.07. The van der Waals surface area contributed by atoms with E-state index in [2.05, 4.69) is 9.97 Å². The monoisotopic (exact) mass is 251 g/mol. The lowest BCUT2D eigenvalue weighted by molar-refractivity contribution is 0.720. The molecular weight excluding hydrogens is 238 g/mol. The first-order valence-corrected chi connectivity index (χ1v) is 6.21. The number of rotatable bonds is 2. The van der Waals surface area contributed by atoms with Crippen molar-refractivity contribution in [3.8, 4) is 11.3 Å². The smallest absolute Gasteiger partial charge is 0.277 e. The predicted molar refractivity (Wildman–Crippen MR) is 74.9 cm³/mol. The van der Waals surface area contributed by atoms with Crippen LogP contribution in [0.4, 0.5) is 0 Å². The van der Waals surface area contributed by atoms with Crippen molar-refractivity contribution < 1.29 is 0 Å². The first-order chi connectivity index (χ1) is 9.31. The molecule has 0 N–H and O–H groups in total. The maximum Gasteiger partial charge on any atom is 0.277 e. The second kappa shape index (κ2) is 4.65. The average Bonchev–Trinajstić information content (AvgIpc) is 2.47. The largest absolute Gasteiger partial charge is 0.312 e. The third kappa shape index (κ3) is 1.91. The molecule has 0 atom stereocenters. The highest BCUT2D eigenvalue weighted by molar-refractivity contribution is 5.92. The summed E-state index contributed by atoms with van der Waals surface area (Å²) < 4.78 is 1.64. The molecule has 0 aliphatic rings. The van der Waals surface area contributed by atoms with Crippen molar-refractivity contribution in [1.29, 1.82) is 0 Å². The van der Waals surface area contributed by atoms with Crippen molar-refractivity contribution >= 4 is 10.9 Å². The number of para-hydroxylation sites is 1. The van der Waals surface area contributed by atoms with Gasteiger partial charge in [0.15, 0.2) is 0 Å². The van der Waals surface area contributed by atoms with E-state index in [0.717, 1.165) is 16.5 Å². The van der Waals surface area contributed by atoms with E-state index in [1.807, 2.05) is 37.3 Å². The van der Waals surface area contributed by atoms with Crippen LogP contribution in [0.5, 0.6) is 0 Å². The number of aromatic nitrogens is 3. The van der Waals surface area contributed by atoms with Gasteiger partial charge in [-0.25, -0.2) is 4.98 Å². The van der Waals surface area contributed by atoms with Gasteiger partial charge in [0, 0.05) is 36.1 Å². The Morgan fingerprint density at radius 1 is 1.11 bits per heavy atom. The maximum absolute atomic E-state index is 12.3. The van der Waals surface area contributed by atoms with Crippen molar-refractivity contribution in [2.75, 3.05) is 0 Å². The lowest BCUT2D eigenvalue weighted by atomic mass is 10.1. The zero-order valence-corrected chi connectivity index (χ0v) is 10.6. The lowest BCUT2D eigenvalue weighted by Crippen LogP contribution is -2.21. The highest BCUT2D eigenvalue weighted by atomic mass is 16.1. The minimum Gasteiger partial charge on any atom is -0.312 e. The van der Waals surface area contributed by atoms with Gasteiger partial charge < -0.3 is 4.57 Å². The van der Waals surface area contributed by atoms with E-state index in [-0.39, 0.29) is 5.56 Å². The van der Waals surface area contributed by atoms with Crippen LogP contribution in [-0.2, 0) is 6.54 Å². The van der Waals surface area contributed by atoms with Crippen LogP contribution in [0.15, 0.2) is 53.7 Å². The van der Waals surface area contributed by atoms with E-state index in [9.17, 15) is 4.79 Å². The highest BCUT2D eigenvalue weighted by Crippen LogP contribution is 2.22. The second-order valence-corrected chi connectivity index (χ2v) is 4.25. The average molecular weight is 251 g/mol. The van der Waals surface area contributed by atoms with E-state index < -0.39 is 0 Å². The molecule has 0 amide bonds. The Kier molecular flexibility index (Phi) is 2.83. The molecule has 0 aliphatic heterocycles. The molecule has 0 saturated heterocycles. The molecule has 0 bridgehead atoms. The molecule has 19 heavy (non-hydrogen) atoms. The van der Waals surface area contributed by atoms with Gasteiger partial charge >= 0.3 is 0 Å². The molecule has 4 nitrogen and oxygen atoms in total. The Balaban J connectivity index is 2.34. The van der Waals surface area contributed by atoms with Crippen molar-refractivity contribution in [3.05, 3.63) is 59.3 Å². The molecule has 0 unspecified atom stereocenters. The molecule has 0 saturated carbocycles. The van der Waals surface area contributed by atoms with Gasteiger partial charge in [0.25, 0.3) is 5.56 Å². The summed E-state index contributed by atoms with van der Waals surface area (Å²) in [5.74, 6) is 0. The Labute approximate surface area is 110 Å². The summed E-state index contributed by atoms with van der Waals surface area (Å²) >= 11 is 0. The standard InChI is InChI=1S/C15H13N3O/c1-2-18-10-9-17-14(15(18)19)12-7-3-5-11-6-4-8-16-13(11)12/h3-10H,2H2,1H3. The molecule has 2 aromatic heterocycles. The molecule has 94 valence electrons. The summed E-state index contributed by atoms with van der Waals surface area (Å²) in [4.78, 5) is 20.9. The van der Waals surface area contributed by atoms with Crippen LogP contribution >= 0.6 is 0 Å². The van der Waals surface area contributed by atoms with E-state index in [4.69, 9.17) is 0 Å². The van der Waals surface area contributed by atoms with Crippen LogP contribution in [0, 0.1) is 0 Å². The van der Waals surface area contributed by atoms with Gasteiger partial charge in [-0.05, 0) is 13.0 Å². The van der Waals surface area contributed by atoms with E-state index in [1.54, 1.807) is 23.2 Å². The summed E-state index contributed by atoms with van der Waals surface area (Å²) in [6.45, 7) is 2.57. The van der Waals surface area contributed by atoms with Crippen molar-refractivity contribution in [1.82, 2.24) is 14.5 Å². The number of pyridine rings is 1. The number of hydrogen-bond donors (Lipinski definition) is 0. The van der Waals surface area contributed by atoms with Crippen LogP contribution < -0.4 is 5.56 Å². The fraction of sp³-hybridized carbons (Fsp3) is 0.133. The van der Waals surface area contributed by atoms with Gasteiger partial charge in [-0.3, -0.25) is 9.78 Å². The molecular formula is C15H13N3O. The van der Waals surface area contributed by atoms with Gasteiger partial charge in [0.05, 0.1) is 5.52 Å². The Morgan fingerprint density at radius 3 is 2.79 bits per heavy atom. The molecule has 4 heteroatoms. The molecule has 0 fully saturated rings. The van der Waals surface area contributed by atoms with E-state index >= 15 is 0 Å². The molecule has 0 aliphatic carbocycles. The topological polar surface area (TPSA) is 47.8 Å². The van der Waals surface area contributed by atoms with Gasteiger partial charge in [-0.2, -0.15) is 0 Å². The summed E-state index contributed by atoms with van der Waals surface area (Å²) in [6.07, 6.45) is 5.08. The van der Waals surface area contributed by atoms with Crippen molar-refractivity contribution in [2.45, 2.75) is 13.5 Å². The number of fused-ring (bicyclic) bond motifs is 1. The quantitative estimate of drug-likeness (QED) is 0.703. The van der Waals surface area contributed by atoms with Gasteiger partial charge in [-0.1, -0.05) is 24.3 Å². The van der Waals surface area contributed by atoms with Crippen LogP contribution in [-0.4, -0.2) is 14.5 Å². The summed E-state index contributed by atoms with van der Waals surface area (Å²) in [5.41, 5.74) is 1.96. The first-order valence-electron chi connectivity index (χ1n) is 6.21. The zero-order valence-electron chi connectivity index (χ0n) is 10.6. The Hall–Kier alpha value is -2.49. The van der Waals surface area contributed by atoms with E-state index in [1.165, 1.54) is 0 Å². The minimum atomic E-state index is -0.0804. The fourth-order valence-electron chi connectivity index (χ4n) is 2.18. The Morgan fingerprint density at radius 2 is 1.95 bits per heavy atom. The van der Waals surface area contributed by atoms with Crippen LogP contribution in [0.3, 0.4) is 0 Å². The Bertz CT molecular complexity index is 787.